The first-order chi connectivity index (χ1) is 50.2. The van der Waals surface area contributed by atoms with Crippen molar-refractivity contribution in [1.29, 1.82) is 0 Å². The zero-order chi connectivity index (χ0) is 75.3. The quantitative estimate of drug-likeness (QED) is 0.0222. The van der Waals surface area contributed by atoms with E-state index in [4.69, 9.17) is 37.0 Å². The molecule has 0 amide bonds. The molecule has 0 heterocycles. The minimum Gasteiger partial charge on any atom is -0.462 e. The second kappa shape index (κ2) is 78.2. The number of esters is 4. The highest BCUT2D eigenvalue weighted by atomic mass is 31.2. The third-order valence-electron chi connectivity index (χ3n) is 19.9. The van der Waals surface area contributed by atoms with E-state index in [9.17, 15) is 43.2 Å². The van der Waals surface area contributed by atoms with Crippen LogP contribution in [-0.4, -0.2) is 96.7 Å². The lowest BCUT2D eigenvalue weighted by Crippen LogP contribution is -2.30. The van der Waals surface area contributed by atoms with Crippen LogP contribution in [0.2, 0.25) is 0 Å². The van der Waals surface area contributed by atoms with E-state index >= 15 is 0 Å². The van der Waals surface area contributed by atoms with Crippen LogP contribution in [0.15, 0.2) is 0 Å². The Morgan fingerprint density at radius 1 is 0.233 bits per heavy atom. The minimum absolute atomic E-state index is 0.109. The van der Waals surface area contributed by atoms with Gasteiger partial charge < -0.3 is 33.8 Å². The Morgan fingerprint density at radius 2 is 0.388 bits per heavy atom. The number of carbonyl (C=O) groups excluding carboxylic acids is 4. The fourth-order valence-corrected chi connectivity index (χ4v) is 14.7. The highest BCUT2D eigenvalue weighted by Gasteiger charge is 2.30. The molecule has 19 heteroatoms. The highest BCUT2D eigenvalue weighted by molar-refractivity contribution is 7.47. The molecule has 0 aromatic rings. The number of hydrogen-bond acceptors (Lipinski definition) is 15. The first-order valence-corrected chi connectivity index (χ1v) is 46.8. The summed E-state index contributed by atoms with van der Waals surface area (Å²) >= 11 is 0. The third kappa shape index (κ3) is 78.0. The van der Waals surface area contributed by atoms with Crippen LogP contribution in [0.1, 0.15) is 458 Å². The second-order valence-electron chi connectivity index (χ2n) is 30.2. The highest BCUT2D eigenvalue weighted by Crippen LogP contribution is 2.45. The molecule has 0 radical (unpaired) electrons. The molecule has 0 saturated heterocycles. The molecule has 0 aliphatic rings. The van der Waals surface area contributed by atoms with E-state index in [1.165, 1.54) is 289 Å². The van der Waals surface area contributed by atoms with Gasteiger partial charge in [0.05, 0.1) is 26.4 Å². The summed E-state index contributed by atoms with van der Waals surface area (Å²) in [6.45, 7) is 5.06. The van der Waals surface area contributed by atoms with Gasteiger partial charge in [-0.3, -0.25) is 37.3 Å². The number of rotatable bonds is 85. The monoisotopic (exact) mass is 1510 g/mol. The number of phosphoric ester groups is 2. The smallest absolute Gasteiger partial charge is 0.462 e. The Bertz CT molecular complexity index is 1950. The van der Waals surface area contributed by atoms with E-state index in [1.807, 2.05) is 0 Å². The maximum Gasteiger partial charge on any atom is 0.472 e. The number of hydrogen-bond donors (Lipinski definition) is 3. The fraction of sp³-hybridized carbons (Fsp3) is 0.952. The Morgan fingerprint density at radius 3 is 0.573 bits per heavy atom. The van der Waals surface area contributed by atoms with E-state index in [0.717, 1.165) is 89.9 Å². The lowest BCUT2D eigenvalue weighted by atomic mass is 10.0. The SMILES string of the molecule is CCCCCCCCCCCCCCCCCCCCCC(=O)O[C@H](COC(=O)CCCCCCCCCCCCCCCCCC)COP(=O)(O)OC[C@@H](O)COP(=O)(O)OC[C@@H](COC(=O)CCCCCCCCCCCCCCC)OC(=O)CCCCCCCCCCCCCCCCC. The van der Waals surface area contributed by atoms with E-state index in [-0.39, 0.29) is 25.7 Å². The van der Waals surface area contributed by atoms with Crippen molar-refractivity contribution in [2.75, 3.05) is 39.6 Å². The Labute approximate surface area is 632 Å². The molecule has 2 unspecified atom stereocenters. The van der Waals surface area contributed by atoms with Gasteiger partial charge in [-0.15, -0.1) is 0 Å². The van der Waals surface area contributed by atoms with E-state index < -0.39 is 97.5 Å². The van der Waals surface area contributed by atoms with Crippen LogP contribution in [0.25, 0.3) is 0 Å². The fourth-order valence-electron chi connectivity index (χ4n) is 13.2. The standard InChI is InChI=1S/C84H164O17P2/c1-5-9-13-17-21-25-29-33-36-38-39-40-43-47-51-55-59-63-67-71-84(89)101-80(75-95-82(87)69-65-61-57-53-49-45-42-37-34-30-26-22-18-14-10-6-2)77-99-103(92,93)97-73-78(85)72-96-102(90,91)98-76-79(74-94-81(86)68-64-60-56-52-48-44-32-28-24-20-16-12-8-4)100-83(88)70-66-62-58-54-50-46-41-35-31-27-23-19-15-11-7-3/h78-80,85H,5-77H2,1-4H3,(H,90,91)(H,92,93)/t78-,79+,80+/m0/s1. The average molecular weight is 1510 g/mol. The van der Waals surface area contributed by atoms with Crippen molar-refractivity contribution in [2.45, 2.75) is 476 Å². The molecule has 103 heavy (non-hydrogen) atoms. The zero-order valence-corrected chi connectivity index (χ0v) is 69.1. The van der Waals surface area contributed by atoms with Gasteiger partial charge in [-0.1, -0.05) is 407 Å². The molecule has 3 N–H and O–H groups in total. The number of unbranched alkanes of at least 4 members (excludes halogenated alkanes) is 59. The van der Waals surface area contributed by atoms with Crippen LogP contribution < -0.4 is 0 Å². The number of ether oxygens (including phenoxy) is 4. The molecule has 612 valence electrons. The van der Waals surface area contributed by atoms with Crippen molar-refractivity contribution in [3.63, 3.8) is 0 Å². The Balaban J connectivity index is 5.26. The van der Waals surface area contributed by atoms with Gasteiger partial charge >= 0.3 is 39.5 Å². The van der Waals surface area contributed by atoms with E-state index in [1.54, 1.807) is 0 Å². The van der Waals surface area contributed by atoms with Crippen molar-refractivity contribution in [3.05, 3.63) is 0 Å². The van der Waals surface area contributed by atoms with Crippen molar-refractivity contribution < 1.29 is 80.2 Å². The summed E-state index contributed by atoms with van der Waals surface area (Å²) in [4.78, 5) is 73.2. The van der Waals surface area contributed by atoms with Gasteiger partial charge in [0.25, 0.3) is 0 Å². The third-order valence-corrected chi connectivity index (χ3v) is 21.8. The predicted molar refractivity (Wildman–Crippen MR) is 423 cm³/mol. The molecule has 5 atom stereocenters. The van der Waals surface area contributed by atoms with Gasteiger partial charge in [-0.2, -0.15) is 0 Å². The molecule has 0 fully saturated rings. The topological polar surface area (TPSA) is 237 Å². The molecule has 0 saturated carbocycles. The summed E-state index contributed by atoms with van der Waals surface area (Å²) in [6, 6.07) is 0. The van der Waals surface area contributed by atoms with Crippen LogP contribution >= 0.6 is 15.6 Å². The Kier molecular flexibility index (Phi) is 76.7. The molecule has 0 rings (SSSR count). The van der Waals surface area contributed by atoms with Gasteiger partial charge in [0.2, 0.25) is 0 Å². The van der Waals surface area contributed by atoms with Crippen molar-refractivity contribution in [1.82, 2.24) is 0 Å². The molecule has 0 aromatic heterocycles. The number of phosphoric acid groups is 2. The lowest BCUT2D eigenvalue weighted by molar-refractivity contribution is -0.161. The molecule has 0 spiro atoms. The van der Waals surface area contributed by atoms with Crippen LogP contribution in [0.3, 0.4) is 0 Å². The summed E-state index contributed by atoms with van der Waals surface area (Å²) in [5.74, 6) is -2.10. The van der Waals surface area contributed by atoms with E-state index in [2.05, 4.69) is 27.7 Å². The van der Waals surface area contributed by atoms with Crippen molar-refractivity contribution >= 4 is 39.5 Å². The van der Waals surface area contributed by atoms with Gasteiger partial charge in [-0.05, 0) is 25.7 Å². The number of aliphatic hydroxyl groups excluding tert-OH is 1. The Hall–Kier alpha value is -1.94. The van der Waals surface area contributed by atoms with Gasteiger partial charge in [-0.25, -0.2) is 9.13 Å². The summed E-state index contributed by atoms with van der Waals surface area (Å²) in [6.07, 6.45) is 72.0. The van der Waals surface area contributed by atoms with Crippen molar-refractivity contribution in [2.24, 2.45) is 0 Å². The summed E-state index contributed by atoms with van der Waals surface area (Å²) in [5, 5.41) is 10.7. The molecule has 0 aromatic carbocycles. The molecule has 0 bridgehead atoms. The predicted octanol–water partition coefficient (Wildman–Crippen LogP) is 25.7. The number of aliphatic hydroxyl groups is 1. The number of carbonyl (C=O) groups is 4. The van der Waals surface area contributed by atoms with Crippen LogP contribution in [0.4, 0.5) is 0 Å². The van der Waals surface area contributed by atoms with Gasteiger partial charge in [0.15, 0.2) is 12.2 Å². The van der Waals surface area contributed by atoms with Crippen molar-refractivity contribution in [3.8, 4) is 0 Å². The maximum absolute atomic E-state index is 13.1. The molecular weight excluding hydrogens is 1340 g/mol. The average Bonchev–Trinajstić information content (AvgIpc) is 0.918. The first kappa shape index (κ1) is 101. The first-order valence-electron chi connectivity index (χ1n) is 43.8. The van der Waals surface area contributed by atoms with Gasteiger partial charge in [0, 0.05) is 25.7 Å². The normalized spacial score (nSPS) is 13.7. The molecule has 17 nitrogen and oxygen atoms in total. The molecule has 0 aliphatic carbocycles. The molecular formula is C84H164O17P2. The summed E-state index contributed by atoms with van der Waals surface area (Å²) in [5.41, 5.74) is 0. The van der Waals surface area contributed by atoms with Gasteiger partial charge in [0.1, 0.15) is 19.3 Å². The summed E-state index contributed by atoms with van der Waals surface area (Å²) < 4.78 is 68.9. The maximum atomic E-state index is 13.1. The van der Waals surface area contributed by atoms with E-state index in [0.29, 0.717) is 25.7 Å². The molecule has 0 aliphatic heterocycles. The largest absolute Gasteiger partial charge is 0.472 e. The zero-order valence-electron chi connectivity index (χ0n) is 67.3. The van der Waals surface area contributed by atoms with Crippen LogP contribution in [0, 0.1) is 0 Å². The van der Waals surface area contributed by atoms with Crippen LogP contribution in [-0.2, 0) is 65.4 Å². The second-order valence-corrected chi connectivity index (χ2v) is 33.1. The lowest BCUT2D eigenvalue weighted by Gasteiger charge is -2.21. The van der Waals surface area contributed by atoms with Crippen LogP contribution in [0.5, 0.6) is 0 Å². The minimum atomic E-state index is -4.96. The summed E-state index contributed by atoms with van der Waals surface area (Å²) in [7, 11) is -9.92.